The van der Waals surface area contributed by atoms with Gasteiger partial charge in [-0.2, -0.15) is 0 Å². The van der Waals surface area contributed by atoms with Gasteiger partial charge in [0.1, 0.15) is 5.60 Å². The van der Waals surface area contributed by atoms with Gasteiger partial charge in [0.2, 0.25) is 5.91 Å². The first-order valence-corrected chi connectivity index (χ1v) is 10.6. The van der Waals surface area contributed by atoms with Crippen molar-refractivity contribution in [2.75, 3.05) is 13.1 Å². The van der Waals surface area contributed by atoms with Crippen molar-refractivity contribution in [3.8, 4) is 0 Å². The number of nitrogens with zero attached hydrogens (tertiary/aromatic N) is 1. The molecule has 0 spiro atoms. The van der Waals surface area contributed by atoms with E-state index in [0.717, 1.165) is 24.7 Å². The fourth-order valence-corrected chi connectivity index (χ4v) is 6.13. The van der Waals surface area contributed by atoms with E-state index in [-0.39, 0.29) is 17.9 Å². The molecule has 1 N–H and O–H groups in total. The van der Waals surface area contributed by atoms with Gasteiger partial charge in [-0.05, 0) is 89.4 Å². The van der Waals surface area contributed by atoms with Crippen LogP contribution in [-0.2, 0) is 9.53 Å². The highest BCUT2D eigenvalue weighted by molar-refractivity contribution is 5.80. The van der Waals surface area contributed by atoms with Crippen molar-refractivity contribution in [3.05, 3.63) is 0 Å². The first-order chi connectivity index (χ1) is 12.3. The average molecular weight is 363 g/mol. The van der Waals surface area contributed by atoms with E-state index in [9.17, 15) is 9.59 Å². The predicted octanol–water partition coefficient (Wildman–Crippen LogP) is 3.57. The highest BCUT2D eigenvalue weighted by Crippen LogP contribution is 2.53. The molecule has 1 heterocycles. The quantitative estimate of drug-likeness (QED) is 0.817. The third-order valence-corrected chi connectivity index (χ3v) is 6.98. The molecule has 5 nitrogen and oxygen atoms in total. The van der Waals surface area contributed by atoms with Crippen molar-refractivity contribution in [2.45, 2.75) is 77.4 Å². The maximum Gasteiger partial charge on any atom is 0.410 e. The maximum atomic E-state index is 13.0. The van der Waals surface area contributed by atoms with Crippen LogP contribution in [0.3, 0.4) is 0 Å². The van der Waals surface area contributed by atoms with Crippen LogP contribution in [0.2, 0.25) is 0 Å². The van der Waals surface area contributed by atoms with E-state index in [1.165, 1.54) is 32.1 Å². The molecule has 146 valence electrons. The van der Waals surface area contributed by atoms with E-state index in [1.807, 2.05) is 20.8 Å². The Morgan fingerprint density at radius 1 is 1.00 bits per heavy atom. The normalized spacial score (nSPS) is 39.0. The molecule has 4 bridgehead atoms. The second-order valence-electron chi connectivity index (χ2n) is 10.2. The summed E-state index contributed by atoms with van der Waals surface area (Å²) in [5.41, 5.74) is -0.493. The number of rotatable bonds is 2. The summed E-state index contributed by atoms with van der Waals surface area (Å²) in [6, 6.07) is 0.382. The summed E-state index contributed by atoms with van der Waals surface area (Å²) in [5.74, 6) is 3.30. The van der Waals surface area contributed by atoms with Gasteiger partial charge in [0.25, 0.3) is 0 Å². The first kappa shape index (κ1) is 18.1. The molecule has 0 radical (unpaired) electrons. The van der Waals surface area contributed by atoms with Crippen molar-refractivity contribution in [3.63, 3.8) is 0 Å². The summed E-state index contributed by atoms with van der Waals surface area (Å²) in [5, 5.41) is 3.42. The second kappa shape index (κ2) is 6.72. The molecule has 1 saturated heterocycles. The van der Waals surface area contributed by atoms with Crippen molar-refractivity contribution in [1.29, 1.82) is 0 Å². The SMILES string of the molecule is CC(C)(C)OC(=O)N1CCC[C@H](C(=O)NC2C3CC4CC(C3)CC2C4)C1. The molecule has 0 aromatic rings. The van der Waals surface area contributed by atoms with Gasteiger partial charge in [-0.25, -0.2) is 4.79 Å². The molecule has 5 fully saturated rings. The predicted molar refractivity (Wildman–Crippen MR) is 99.5 cm³/mol. The van der Waals surface area contributed by atoms with Gasteiger partial charge in [-0.15, -0.1) is 0 Å². The zero-order valence-corrected chi connectivity index (χ0v) is 16.5. The van der Waals surface area contributed by atoms with Crippen molar-refractivity contribution in [1.82, 2.24) is 10.2 Å². The third kappa shape index (κ3) is 3.72. The molecule has 0 aromatic heterocycles. The van der Waals surface area contributed by atoms with Crippen molar-refractivity contribution in [2.24, 2.45) is 29.6 Å². The van der Waals surface area contributed by atoms with E-state index in [1.54, 1.807) is 4.90 Å². The second-order valence-corrected chi connectivity index (χ2v) is 10.2. The molecule has 4 saturated carbocycles. The molecule has 4 aliphatic carbocycles. The van der Waals surface area contributed by atoms with Crippen LogP contribution < -0.4 is 5.32 Å². The lowest BCUT2D eigenvalue weighted by Gasteiger charge is -2.54. The molecule has 0 unspecified atom stereocenters. The van der Waals surface area contributed by atoms with Crippen LogP contribution in [0.5, 0.6) is 0 Å². The van der Waals surface area contributed by atoms with Crippen LogP contribution in [0, 0.1) is 29.6 Å². The smallest absolute Gasteiger partial charge is 0.410 e. The van der Waals surface area contributed by atoms with Crippen molar-refractivity contribution >= 4 is 12.0 Å². The molecule has 26 heavy (non-hydrogen) atoms. The lowest BCUT2D eigenvalue weighted by atomic mass is 9.54. The van der Waals surface area contributed by atoms with Crippen LogP contribution >= 0.6 is 0 Å². The van der Waals surface area contributed by atoms with Crippen LogP contribution in [0.1, 0.15) is 65.7 Å². The number of nitrogens with one attached hydrogen (secondary N) is 1. The van der Waals surface area contributed by atoms with Gasteiger partial charge in [-0.3, -0.25) is 4.79 Å². The molecule has 5 aliphatic rings. The molecule has 2 amide bonds. The summed E-state index contributed by atoms with van der Waals surface area (Å²) in [6.07, 6.45) is 8.14. The minimum absolute atomic E-state index is 0.0894. The zero-order valence-electron chi connectivity index (χ0n) is 16.5. The minimum atomic E-state index is -0.493. The van der Waals surface area contributed by atoms with Gasteiger partial charge >= 0.3 is 6.09 Å². The van der Waals surface area contributed by atoms with Gasteiger partial charge in [0.05, 0.1) is 5.92 Å². The molecular formula is C21H34N2O3. The number of piperidine rings is 1. The Kier molecular flexibility index (Phi) is 4.68. The summed E-state index contributed by atoms with van der Waals surface area (Å²) < 4.78 is 5.49. The van der Waals surface area contributed by atoms with Crippen LogP contribution in [0.4, 0.5) is 4.79 Å². The number of likely N-dealkylation sites (tertiary alicyclic amines) is 1. The number of hydrogen-bond donors (Lipinski definition) is 1. The Labute approximate surface area is 157 Å². The lowest BCUT2D eigenvalue weighted by molar-refractivity contribution is -0.130. The maximum absolute atomic E-state index is 13.0. The van der Waals surface area contributed by atoms with Gasteiger partial charge in [-0.1, -0.05) is 0 Å². The molecule has 1 atom stereocenters. The molecule has 5 rings (SSSR count). The fourth-order valence-electron chi connectivity index (χ4n) is 6.13. The van der Waals surface area contributed by atoms with Gasteiger partial charge in [0.15, 0.2) is 0 Å². The molecule has 5 heteroatoms. The Balaban J connectivity index is 1.34. The van der Waals surface area contributed by atoms with E-state index >= 15 is 0 Å². The van der Waals surface area contributed by atoms with Crippen LogP contribution in [0.25, 0.3) is 0 Å². The Hall–Kier alpha value is -1.26. The summed E-state index contributed by atoms with van der Waals surface area (Å²) in [6.45, 7) is 6.83. The van der Waals surface area contributed by atoms with Crippen molar-refractivity contribution < 1.29 is 14.3 Å². The van der Waals surface area contributed by atoms with Crippen LogP contribution in [0.15, 0.2) is 0 Å². The number of carbonyl (C=O) groups is 2. The Morgan fingerprint density at radius 2 is 1.62 bits per heavy atom. The van der Waals surface area contributed by atoms with E-state index < -0.39 is 5.60 Å². The number of amides is 2. The molecular weight excluding hydrogens is 328 g/mol. The van der Waals surface area contributed by atoms with E-state index in [2.05, 4.69) is 5.32 Å². The minimum Gasteiger partial charge on any atom is -0.444 e. The largest absolute Gasteiger partial charge is 0.444 e. The fraction of sp³-hybridized carbons (Fsp3) is 0.905. The average Bonchev–Trinajstić information content (AvgIpc) is 2.56. The third-order valence-electron chi connectivity index (χ3n) is 6.98. The summed E-state index contributed by atoms with van der Waals surface area (Å²) in [7, 11) is 0. The number of hydrogen-bond acceptors (Lipinski definition) is 3. The highest BCUT2D eigenvalue weighted by Gasteiger charge is 2.49. The van der Waals surface area contributed by atoms with Crippen LogP contribution in [-0.4, -0.2) is 41.6 Å². The monoisotopic (exact) mass is 362 g/mol. The Morgan fingerprint density at radius 3 is 2.19 bits per heavy atom. The summed E-state index contributed by atoms with van der Waals surface area (Å²) >= 11 is 0. The standard InChI is InChI=1S/C21H34N2O3/c1-21(2,3)26-20(25)23-6-4-5-15(12-23)19(24)22-18-16-8-13-7-14(10-16)11-17(18)9-13/h13-18H,4-12H2,1-3H3,(H,22,24)/t13?,14?,15-,16?,17?,18?/m0/s1. The van der Waals surface area contributed by atoms with E-state index in [0.29, 0.717) is 31.0 Å². The zero-order chi connectivity index (χ0) is 18.5. The highest BCUT2D eigenvalue weighted by atomic mass is 16.6. The molecule has 1 aliphatic heterocycles. The van der Waals surface area contributed by atoms with Gasteiger partial charge < -0.3 is 15.0 Å². The van der Waals surface area contributed by atoms with Gasteiger partial charge in [0, 0.05) is 19.1 Å². The first-order valence-electron chi connectivity index (χ1n) is 10.6. The summed E-state index contributed by atoms with van der Waals surface area (Å²) in [4.78, 5) is 27.0. The van der Waals surface area contributed by atoms with E-state index in [4.69, 9.17) is 4.74 Å². The number of carbonyl (C=O) groups excluding carboxylic acids is 2. The number of ether oxygens (including phenoxy) is 1. The Bertz CT molecular complexity index is 540. The topological polar surface area (TPSA) is 58.6 Å². The molecule has 0 aromatic carbocycles. The lowest BCUT2D eigenvalue weighted by Crippen LogP contribution is -2.57.